The van der Waals surface area contributed by atoms with Gasteiger partial charge in [0.15, 0.2) is 5.13 Å². The van der Waals surface area contributed by atoms with Gasteiger partial charge in [-0.2, -0.15) is 0 Å². The maximum Gasteiger partial charge on any atom is 0.180 e. The van der Waals surface area contributed by atoms with Crippen LogP contribution in [0.5, 0.6) is 0 Å². The number of aromatic nitrogens is 2. The Morgan fingerprint density at radius 2 is 2.22 bits per heavy atom. The number of nitrogen functional groups attached to an aromatic ring is 1. The van der Waals surface area contributed by atoms with Crippen LogP contribution in [0.25, 0.3) is 0 Å². The van der Waals surface area contributed by atoms with Crippen LogP contribution >= 0.6 is 35.1 Å². The van der Waals surface area contributed by atoms with Gasteiger partial charge in [-0.05, 0) is 0 Å². The van der Waals surface area contributed by atoms with E-state index < -0.39 is 0 Å². The molecule has 128 valence electrons. The van der Waals surface area contributed by atoms with Crippen molar-refractivity contribution in [1.29, 1.82) is 0 Å². The highest BCUT2D eigenvalue weighted by molar-refractivity contribution is 7.15. The molecular formula is C15H23ClN4OS2. The SMILES string of the molecule is CC(C)(C)c1csc(C2CN(Cc3cnc(N)s3)CCO2)n1.Cl. The van der Waals surface area contributed by atoms with Crippen molar-refractivity contribution in [2.24, 2.45) is 0 Å². The Morgan fingerprint density at radius 1 is 1.43 bits per heavy atom. The lowest BCUT2D eigenvalue weighted by atomic mass is 9.93. The van der Waals surface area contributed by atoms with Crippen LogP contribution in [0.2, 0.25) is 0 Å². The molecule has 1 fully saturated rings. The fourth-order valence-corrected chi connectivity index (χ4v) is 4.20. The molecule has 2 aromatic heterocycles. The second kappa shape index (κ2) is 7.44. The Morgan fingerprint density at radius 3 is 2.83 bits per heavy atom. The Labute approximate surface area is 151 Å². The first kappa shape index (κ1) is 18.6. The minimum atomic E-state index is 0. The zero-order chi connectivity index (χ0) is 15.7. The van der Waals surface area contributed by atoms with Gasteiger partial charge in [-0.15, -0.1) is 35.1 Å². The van der Waals surface area contributed by atoms with Crippen molar-refractivity contribution >= 4 is 40.2 Å². The van der Waals surface area contributed by atoms with Gasteiger partial charge in [-0.1, -0.05) is 20.8 Å². The summed E-state index contributed by atoms with van der Waals surface area (Å²) in [6.45, 7) is 9.99. The van der Waals surface area contributed by atoms with Gasteiger partial charge in [0.1, 0.15) is 11.1 Å². The lowest BCUT2D eigenvalue weighted by Crippen LogP contribution is -2.37. The van der Waals surface area contributed by atoms with Crippen LogP contribution in [0.4, 0.5) is 5.13 Å². The average Bonchev–Trinajstić information content (AvgIpc) is 3.08. The van der Waals surface area contributed by atoms with Gasteiger partial charge in [0.25, 0.3) is 0 Å². The number of morpholine rings is 1. The molecule has 8 heteroatoms. The van der Waals surface area contributed by atoms with Crippen LogP contribution < -0.4 is 5.73 Å². The fourth-order valence-electron chi connectivity index (χ4n) is 2.39. The minimum absolute atomic E-state index is 0. The summed E-state index contributed by atoms with van der Waals surface area (Å²) in [4.78, 5) is 12.5. The monoisotopic (exact) mass is 374 g/mol. The van der Waals surface area contributed by atoms with Crippen LogP contribution in [0, 0.1) is 0 Å². The summed E-state index contributed by atoms with van der Waals surface area (Å²) in [5.74, 6) is 0. The zero-order valence-corrected chi connectivity index (χ0v) is 16.1. The Bertz CT molecular complexity index is 637. The third-order valence-corrected chi connectivity index (χ3v) is 5.42. The second-order valence-corrected chi connectivity index (χ2v) is 8.62. The van der Waals surface area contributed by atoms with Gasteiger partial charge in [-0.3, -0.25) is 4.90 Å². The molecule has 0 bridgehead atoms. The van der Waals surface area contributed by atoms with Gasteiger partial charge in [0.2, 0.25) is 0 Å². The van der Waals surface area contributed by atoms with Gasteiger partial charge in [-0.25, -0.2) is 9.97 Å². The molecule has 0 spiro atoms. The van der Waals surface area contributed by atoms with E-state index in [2.05, 4.69) is 36.0 Å². The third kappa shape index (κ3) is 4.64. The van der Waals surface area contributed by atoms with Crippen LogP contribution in [0.1, 0.15) is 42.5 Å². The topological polar surface area (TPSA) is 64.3 Å². The minimum Gasteiger partial charge on any atom is -0.375 e. The summed E-state index contributed by atoms with van der Waals surface area (Å²) in [5.41, 5.74) is 6.93. The standard InChI is InChI=1S/C15H22N4OS2.ClH/c1-15(2,3)12-9-21-13(18-12)11-8-19(4-5-20-11)7-10-6-17-14(16)22-10;/h6,9,11H,4-5,7-8H2,1-3H3,(H2,16,17);1H. The van der Waals surface area contributed by atoms with E-state index >= 15 is 0 Å². The number of hydrogen-bond acceptors (Lipinski definition) is 7. The van der Waals surface area contributed by atoms with E-state index in [1.165, 1.54) is 4.88 Å². The van der Waals surface area contributed by atoms with Crippen molar-refractivity contribution in [3.8, 4) is 0 Å². The molecule has 1 aliphatic rings. The molecule has 1 saturated heterocycles. The molecule has 1 unspecified atom stereocenters. The number of nitrogens with two attached hydrogens (primary N) is 1. The van der Waals surface area contributed by atoms with E-state index in [0.717, 1.165) is 36.9 Å². The first-order valence-electron chi connectivity index (χ1n) is 7.42. The largest absolute Gasteiger partial charge is 0.375 e. The Kier molecular flexibility index (Phi) is 6.02. The highest BCUT2D eigenvalue weighted by Gasteiger charge is 2.26. The summed E-state index contributed by atoms with van der Waals surface area (Å²) in [6.07, 6.45) is 1.94. The Balaban J connectivity index is 0.00000192. The quantitative estimate of drug-likeness (QED) is 0.891. The fraction of sp³-hybridized carbons (Fsp3) is 0.600. The summed E-state index contributed by atoms with van der Waals surface area (Å²) in [6, 6.07) is 0. The van der Waals surface area contributed by atoms with Crippen molar-refractivity contribution < 1.29 is 4.74 Å². The van der Waals surface area contributed by atoms with Crippen LogP contribution in [0.15, 0.2) is 11.6 Å². The number of anilines is 1. The van der Waals surface area contributed by atoms with E-state index in [1.807, 2.05) is 6.20 Å². The Hall–Kier alpha value is -0.730. The summed E-state index contributed by atoms with van der Waals surface area (Å²) < 4.78 is 5.93. The van der Waals surface area contributed by atoms with E-state index in [-0.39, 0.29) is 23.9 Å². The normalized spacial score (nSPS) is 19.5. The van der Waals surface area contributed by atoms with E-state index in [0.29, 0.717) is 5.13 Å². The van der Waals surface area contributed by atoms with Crippen molar-refractivity contribution in [1.82, 2.24) is 14.9 Å². The molecule has 0 radical (unpaired) electrons. The predicted octanol–water partition coefficient (Wildman–Crippen LogP) is 3.47. The molecule has 2 N–H and O–H groups in total. The van der Waals surface area contributed by atoms with Crippen LogP contribution in [-0.4, -0.2) is 34.6 Å². The lowest BCUT2D eigenvalue weighted by molar-refractivity contribution is -0.0328. The molecule has 23 heavy (non-hydrogen) atoms. The second-order valence-electron chi connectivity index (χ2n) is 6.58. The van der Waals surface area contributed by atoms with Crippen molar-refractivity contribution in [3.63, 3.8) is 0 Å². The third-order valence-electron chi connectivity index (χ3n) is 3.67. The summed E-state index contributed by atoms with van der Waals surface area (Å²) >= 11 is 3.26. The van der Waals surface area contributed by atoms with E-state index in [1.54, 1.807) is 22.7 Å². The number of thiazole rings is 2. The highest BCUT2D eigenvalue weighted by atomic mass is 35.5. The summed E-state index contributed by atoms with van der Waals surface area (Å²) in [5, 5.41) is 3.87. The van der Waals surface area contributed by atoms with Gasteiger partial charge in [0.05, 0.1) is 12.3 Å². The maximum atomic E-state index is 5.93. The summed E-state index contributed by atoms with van der Waals surface area (Å²) in [7, 11) is 0. The van der Waals surface area contributed by atoms with E-state index in [4.69, 9.17) is 15.5 Å². The number of nitrogens with zero attached hydrogens (tertiary/aromatic N) is 3. The van der Waals surface area contributed by atoms with Crippen LogP contribution in [0.3, 0.4) is 0 Å². The molecule has 1 aliphatic heterocycles. The molecule has 0 saturated carbocycles. The first-order valence-corrected chi connectivity index (χ1v) is 9.11. The molecule has 3 rings (SSSR count). The van der Waals surface area contributed by atoms with Gasteiger partial charge >= 0.3 is 0 Å². The predicted molar refractivity (Wildman–Crippen MR) is 98.6 cm³/mol. The number of halogens is 1. The van der Waals surface area contributed by atoms with Crippen molar-refractivity contribution in [2.45, 2.75) is 38.8 Å². The molecule has 2 aromatic rings. The molecule has 3 heterocycles. The number of ether oxygens (including phenoxy) is 1. The van der Waals surface area contributed by atoms with Crippen molar-refractivity contribution in [3.05, 3.63) is 27.2 Å². The molecule has 0 aromatic carbocycles. The van der Waals surface area contributed by atoms with Gasteiger partial charge < -0.3 is 10.5 Å². The zero-order valence-electron chi connectivity index (χ0n) is 13.6. The molecule has 0 aliphatic carbocycles. The van der Waals surface area contributed by atoms with Crippen molar-refractivity contribution in [2.75, 3.05) is 25.4 Å². The molecular weight excluding hydrogens is 352 g/mol. The van der Waals surface area contributed by atoms with Gasteiger partial charge in [0, 0.05) is 41.5 Å². The maximum absolute atomic E-state index is 5.93. The highest BCUT2D eigenvalue weighted by Crippen LogP contribution is 2.30. The lowest BCUT2D eigenvalue weighted by Gasteiger charge is -2.31. The molecule has 1 atom stereocenters. The smallest absolute Gasteiger partial charge is 0.180 e. The van der Waals surface area contributed by atoms with Crippen LogP contribution in [-0.2, 0) is 16.7 Å². The molecule has 5 nitrogen and oxygen atoms in total. The first-order chi connectivity index (χ1) is 10.4. The van der Waals surface area contributed by atoms with E-state index in [9.17, 15) is 0 Å². The molecule has 0 amide bonds. The number of rotatable bonds is 3. The average molecular weight is 375 g/mol. The number of hydrogen-bond donors (Lipinski definition) is 1.